The number of guanidine groups is 1. The molecule has 1 saturated carbocycles. The highest BCUT2D eigenvalue weighted by molar-refractivity contribution is 6.10. The van der Waals surface area contributed by atoms with Crippen molar-refractivity contribution in [1.29, 1.82) is 0 Å². The van der Waals surface area contributed by atoms with E-state index < -0.39 is 5.91 Å². The Balaban J connectivity index is 1.86. The molecule has 6 nitrogen and oxygen atoms in total. The Morgan fingerprint density at radius 1 is 1.07 bits per heavy atom. The fourth-order valence-corrected chi connectivity index (χ4v) is 3.12. The van der Waals surface area contributed by atoms with Gasteiger partial charge < -0.3 is 16.2 Å². The normalized spacial score (nSPS) is 13.8. The number of amides is 1. The van der Waals surface area contributed by atoms with E-state index in [0.29, 0.717) is 22.2 Å². The number of carbonyl (C=O) groups excluding carboxylic acids is 1. The van der Waals surface area contributed by atoms with E-state index in [0.717, 1.165) is 24.2 Å². The lowest BCUT2D eigenvalue weighted by molar-refractivity contribution is 0.100. The molecule has 1 amide bonds. The molecule has 0 atom stereocenters. The first-order valence-corrected chi connectivity index (χ1v) is 8.91. The molecular formula is C21H20N4O2. The van der Waals surface area contributed by atoms with E-state index in [-0.39, 0.29) is 12.1 Å². The Morgan fingerprint density at radius 2 is 1.81 bits per heavy atom. The third-order valence-corrected chi connectivity index (χ3v) is 4.69. The molecule has 1 heterocycles. The maximum Gasteiger partial charge on any atom is 0.280 e. The van der Waals surface area contributed by atoms with Gasteiger partial charge in [0.05, 0.1) is 22.9 Å². The summed E-state index contributed by atoms with van der Waals surface area (Å²) in [5, 5.41) is 0.702. The van der Waals surface area contributed by atoms with Crippen LogP contribution >= 0.6 is 0 Å². The van der Waals surface area contributed by atoms with Gasteiger partial charge in [-0.25, -0.2) is 4.98 Å². The third-order valence-electron chi connectivity index (χ3n) is 4.69. The van der Waals surface area contributed by atoms with Crippen LogP contribution in [0.15, 0.2) is 59.6 Å². The number of aliphatic imine (C=N–C) groups is 1. The number of fused-ring (bicyclic) bond motifs is 1. The number of aromatic nitrogens is 1. The molecule has 4 N–H and O–H groups in total. The van der Waals surface area contributed by atoms with Gasteiger partial charge in [-0.3, -0.25) is 4.79 Å². The van der Waals surface area contributed by atoms with Crippen molar-refractivity contribution in [2.24, 2.45) is 16.5 Å². The molecule has 4 rings (SSSR count). The molecule has 0 spiro atoms. The third kappa shape index (κ3) is 3.46. The molecule has 0 saturated heterocycles. The first-order valence-electron chi connectivity index (χ1n) is 8.91. The predicted octanol–water partition coefficient (Wildman–Crippen LogP) is 3.25. The second-order valence-corrected chi connectivity index (χ2v) is 6.58. The van der Waals surface area contributed by atoms with Crippen LogP contribution in [0, 0.1) is 0 Å². The molecule has 136 valence electrons. The van der Waals surface area contributed by atoms with Gasteiger partial charge in [-0.1, -0.05) is 30.3 Å². The topological polar surface area (TPSA) is 104 Å². The number of nitrogens with zero attached hydrogens (tertiary/aromatic N) is 2. The Hall–Kier alpha value is -3.41. The average Bonchev–Trinajstić information content (AvgIpc) is 2.63. The van der Waals surface area contributed by atoms with Gasteiger partial charge in [-0.2, -0.15) is 4.99 Å². The summed E-state index contributed by atoms with van der Waals surface area (Å²) in [7, 11) is 0. The molecule has 1 aromatic heterocycles. The van der Waals surface area contributed by atoms with E-state index in [2.05, 4.69) is 4.99 Å². The van der Waals surface area contributed by atoms with Gasteiger partial charge in [0.15, 0.2) is 5.96 Å². The van der Waals surface area contributed by atoms with Crippen LogP contribution in [-0.4, -0.2) is 23.0 Å². The van der Waals surface area contributed by atoms with Crippen LogP contribution in [0.25, 0.3) is 22.2 Å². The van der Waals surface area contributed by atoms with E-state index in [9.17, 15) is 4.79 Å². The number of carbonyl (C=O) groups is 1. The SMILES string of the molecule is NC(N)=NC(=O)c1cc(-c2ccccc2OC2CCC2)nc2ccccc12. The molecule has 1 aliphatic carbocycles. The minimum atomic E-state index is -0.493. The van der Waals surface area contributed by atoms with Crippen LogP contribution in [0.5, 0.6) is 5.75 Å². The van der Waals surface area contributed by atoms with Gasteiger partial charge >= 0.3 is 0 Å². The van der Waals surface area contributed by atoms with Crippen molar-refractivity contribution in [2.45, 2.75) is 25.4 Å². The summed E-state index contributed by atoms with van der Waals surface area (Å²) in [6, 6.07) is 16.9. The van der Waals surface area contributed by atoms with Gasteiger partial charge in [-0.15, -0.1) is 0 Å². The predicted molar refractivity (Wildman–Crippen MR) is 106 cm³/mol. The van der Waals surface area contributed by atoms with E-state index in [1.54, 1.807) is 6.07 Å². The Labute approximate surface area is 156 Å². The molecular weight excluding hydrogens is 340 g/mol. The maximum absolute atomic E-state index is 12.6. The summed E-state index contributed by atoms with van der Waals surface area (Å²) >= 11 is 0. The number of hydrogen-bond acceptors (Lipinski definition) is 3. The monoisotopic (exact) mass is 360 g/mol. The molecule has 0 unspecified atom stereocenters. The van der Waals surface area contributed by atoms with Crippen LogP contribution in [0.1, 0.15) is 29.6 Å². The second-order valence-electron chi connectivity index (χ2n) is 6.58. The van der Waals surface area contributed by atoms with Crippen molar-refractivity contribution in [3.8, 4) is 17.0 Å². The molecule has 1 fully saturated rings. The number of ether oxygens (including phenoxy) is 1. The fourth-order valence-electron chi connectivity index (χ4n) is 3.12. The van der Waals surface area contributed by atoms with Gasteiger partial charge in [-0.05, 0) is 43.5 Å². The van der Waals surface area contributed by atoms with Crippen molar-refractivity contribution >= 4 is 22.8 Å². The largest absolute Gasteiger partial charge is 0.490 e. The second kappa shape index (κ2) is 7.07. The highest BCUT2D eigenvalue weighted by Gasteiger charge is 2.21. The van der Waals surface area contributed by atoms with Crippen LogP contribution in [0.3, 0.4) is 0 Å². The van der Waals surface area contributed by atoms with Gasteiger partial charge in [0, 0.05) is 10.9 Å². The average molecular weight is 360 g/mol. The number of hydrogen-bond donors (Lipinski definition) is 2. The zero-order valence-electron chi connectivity index (χ0n) is 14.8. The fraction of sp³-hybridized carbons (Fsp3) is 0.190. The number of rotatable bonds is 4. The molecule has 0 bridgehead atoms. The Morgan fingerprint density at radius 3 is 2.56 bits per heavy atom. The molecule has 2 aromatic carbocycles. The standard InChI is InChI=1S/C21H20N4O2/c22-21(23)25-20(26)16-12-18(24-17-10-3-1-8-14(16)17)15-9-2-4-11-19(15)27-13-6-5-7-13/h1-4,8-13H,5-7H2,(H4,22,23,25,26). The van der Waals surface area contributed by atoms with Crippen molar-refractivity contribution in [1.82, 2.24) is 4.98 Å². The van der Waals surface area contributed by atoms with Crippen molar-refractivity contribution in [3.63, 3.8) is 0 Å². The van der Waals surface area contributed by atoms with E-state index in [4.69, 9.17) is 21.2 Å². The van der Waals surface area contributed by atoms with Gasteiger partial charge in [0.25, 0.3) is 5.91 Å². The molecule has 27 heavy (non-hydrogen) atoms. The van der Waals surface area contributed by atoms with E-state index in [1.165, 1.54) is 6.42 Å². The summed E-state index contributed by atoms with van der Waals surface area (Å²) in [6.45, 7) is 0. The zero-order valence-corrected chi connectivity index (χ0v) is 14.8. The highest BCUT2D eigenvalue weighted by atomic mass is 16.5. The van der Waals surface area contributed by atoms with Crippen molar-refractivity contribution in [3.05, 3.63) is 60.2 Å². The Bertz CT molecular complexity index is 1040. The van der Waals surface area contributed by atoms with Gasteiger partial charge in [0.1, 0.15) is 5.75 Å². The first-order chi connectivity index (χ1) is 13.1. The molecule has 0 radical (unpaired) electrons. The number of pyridine rings is 1. The lowest BCUT2D eigenvalue weighted by Crippen LogP contribution is -2.24. The molecule has 3 aromatic rings. The minimum Gasteiger partial charge on any atom is -0.490 e. The Kier molecular flexibility index (Phi) is 4.46. The lowest BCUT2D eigenvalue weighted by atomic mass is 9.96. The maximum atomic E-state index is 12.6. The summed E-state index contributed by atoms with van der Waals surface area (Å²) in [4.78, 5) is 21.0. The first kappa shape index (κ1) is 17.0. The number of para-hydroxylation sites is 2. The summed E-state index contributed by atoms with van der Waals surface area (Å²) in [5.41, 5.74) is 13.4. The number of benzene rings is 2. The smallest absolute Gasteiger partial charge is 0.280 e. The molecule has 0 aliphatic heterocycles. The van der Waals surface area contributed by atoms with E-state index in [1.807, 2.05) is 48.5 Å². The van der Waals surface area contributed by atoms with Crippen LogP contribution in [0.2, 0.25) is 0 Å². The summed E-state index contributed by atoms with van der Waals surface area (Å²) < 4.78 is 6.12. The van der Waals surface area contributed by atoms with Crippen LogP contribution in [-0.2, 0) is 0 Å². The van der Waals surface area contributed by atoms with Crippen LogP contribution in [0.4, 0.5) is 0 Å². The number of nitrogens with two attached hydrogens (primary N) is 2. The zero-order chi connectivity index (χ0) is 18.8. The highest BCUT2D eigenvalue weighted by Crippen LogP contribution is 2.34. The lowest BCUT2D eigenvalue weighted by Gasteiger charge is -2.27. The molecule has 1 aliphatic rings. The van der Waals surface area contributed by atoms with Crippen molar-refractivity contribution < 1.29 is 9.53 Å². The van der Waals surface area contributed by atoms with Crippen molar-refractivity contribution in [2.75, 3.05) is 0 Å². The molecule has 6 heteroatoms. The van der Waals surface area contributed by atoms with E-state index >= 15 is 0 Å². The summed E-state index contributed by atoms with van der Waals surface area (Å²) in [5.74, 6) is 0.00798. The minimum absolute atomic E-state index is 0.245. The van der Waals surface area contributed by atoms with Crippen LogP contribution < -0.4 is 16.2 Å². The quantitative estimate of drug-likeness (QED) is 0.549. The summed E-state index contributed by atoms with van der Waals surface area (Å²) in [6.07, 6.45) is 3.56. The van der Waals surface area contributed by atoms with Gasteiger partial charge in [0.2, 0.25) is 0 Å².